The van der Waals surface area contributed by atoms with Crippen molar-refractivity contribution in [2.45, 2.75) is 69.0 Å². The fourth-order valence-electron chi connectivity index (χ4n) is 8.15. The topological polar surface area (TPSA) is 40.2 Å². The molecule has 0 N–H and O–H groups in total. The lowest BCUT2D eigenvalue weighted by Gasteiger charge is -2.45. The predicted octanol–water partition coefficient (Wildman–Crippen LogP) is 11.5. The summed E-state index contributed by atoms with van der Waals surface area (Å²) in [5.74, 6) is -0.958. The van der Waals surface area contributed by atoms with Crippen molar-refractivity contribution < 1.29 is 18.5 Å². The molecule has 2 aliphatic heterocycles. The molecule has 2 aliphatic rings. The highest BCUT2D eigenvalue weighted by atomic mass is 31.2. The maximum absolute atomic E-state index is 7.99. The Morgan fingerprint density at radius 2 is 0.698 bits per heavy atom. The number of hydrogen-bond acceptors (Lipinski definition) is 5. The molecular weight excluding hydrogens is 673 g/mol. The molecule has 0 saturated carbocycles. The molecule has 6 aromatic carbocycles. The molecule has 0 amide bonds. The minimum atomic E-state index is -1.94. The maximum atomic E-state index is 7.99. The lowest BCUT2D eigenvalue weighted by atomic mass is 9.72. The van der Waals surface area contributed by atoms with Gasteiger partial charge in [-0.05, 0) is 61.1 Å². The Balaban J connectivity index is 1.47. The number of ether oxygens (including phenoxy) is 2. The average molecular weight is 720 g/mol. The maximum Gasteiger partial charge on any atom is 0.262 e. The van der Waals surface area contributed by atoms with Crippen LogP contribution in [0.4, 0.5) is 0 Å². The van der Waals surface area contributed by atoms with Crippen molar-refractivity contribution in [2.24, 2.45) is 0 Å². The zero-order valence-corrected chi connectivity index (χ0v) is 31.6. The van der Waals surface area contributed by atoms with Crippen LogP contribution in [0.5, 0.6) is 0 Å². The van der Waals surface area contributed by atoms with Crippen molar-refractivity contribution in [1.29, 1.82) is 0 Å². The summed E-state index contributed by atoms with van der Waals surface area (Å²) < 4.78 is 32.9. The molecule has 0 bridgehead atoms. The van der Waals surface area contributed by atoms with Crippen LogP contribution < -0.4 is 0 Å². The lowest BCUT2D eigenvalue weighted by Crippen LogP contribution is -2.53. The Labute approximate surface area is 315 Å². The van der Waals surface area contributed by atoms with Gasteiger partial charge in [-0.1, -0.05) is 182 Å². The first kappa shape index (κ1) is 35.6. The molecule has 4 atom stereocenters. The van der Waals surface area contributed by atoms with Crippen LogP contribution in [0.15, 0.2) is 182 Å². The van der Waals surface area contributed by atoms with Crippen molar-refractivity contribution >= 4 is 8.53 Å². The van der Waals surface area contributed by atoms with Crippen LogP contribution in [0.25, 0.3) is 0 Å². The van der Waals surface area contributed by atoms with E-state index in [4.69, 9.17) is 18.5 Å². The van der Waals surface area contributed by atoms with E-state index in [2.05, 4.69) is 176 Å². The normalized spacial score (nSPS) is 21.7. The van der Waals surface area contributed by atoms with Gasteiger partial charge in [-0.2, -0.15) is 0 Å². The number of nitrogens with zero attached hydrogens (tertiary/aromatic N) is 1. The van der Waals surface area contributed by atoms with Gasteiger partial charge < -0.3 is 18.5 Å². The van der Waals surface area contributed by atoms with E-state index in [1.807, 2.05) is 38.1 Å². The third kappa shape index (κ3) is 6.46. The minimum absolute atomic E-state index is 0.109. The van der Waals surface area contributed by atoms with Crippen molar-refractivity contribution in [3.8, 4) is 0 Å². The van der Waals surface area contributed by atoms with E-state index in [0.29, 0.717) is 0 Å². The van der Waals surface area contributed by atoms with Gasteiger partial charge in [-0.15, -0.1) is 0 Å². The Morgan fingerprint density at radius 3 is 0.981 bits per heavy atom. The van der Waals surface area contributed by atoms with E-state index in [0.717, 1.165) is 33.4 Å². The van der Waals surface area contributed by atoms with Gasteiger partial charge in [0.2, 0.25) is 0 Å². The third-order valence-electron chi connectivity index (χ3n) is 10.7. The molecule has 6 heteroatoms. The summed E-state index contributed by atoms with van der Waals surface area (Å²) in [5.41, 5.74) is 3.90. The molecule has 6 aromatic rings. The molecule has 5 nitrogen and oxygen atoms in total. The average Bonchev–Trinajstić information content (AvgIpc) is 3.50. The molecule has 2 saturated heterocycles. The van der Waals surface area contributed by atoms with Gasteiger partial charge in [0, 0.05) is 12.1 Å². The van der Waals surface area contributed by atoms with Gasteiger partial charge in [0.15, 0.2) is 17.0 Å². The highest BCUT2D eigenvalue weighted by Crippen LogP contribution is 2.68. The molecule has 8 rings (SSSR count). The number of fused-ring (bicyclic) bond motifs is 1. The molecule has 0 aliphatic carbocycles. The first-order chi connectivity index (χ1) is 25.8. The highest BCUT2D eigenvalue weighted by Gasteiger charge is 2.67. The van der Waals surface area contributed by atoms with Crippen LogP contribution in [-0.4, -0.2) is 22.7 Å². The quantitative estimate of drug-likeness (QED) is 0.139. The summed E-state index contributed by atoms with van der Waals surface area (Å²) in [5, 5.41) is 0. The fraction of sp³-hybridized carbons (Fsp3) is 0.234. The SMILES string of the molecule is C[C@@H](c1ccccc1)N([C@@H](C)c1ccccc1)P1OC(c2ccccc2)(c2ccccc2)[C@H]2OC(C)(C)O[C@@H]2C(c2ccccc2)(c2ccccc2)O1. The van der Waals surface area contributed by atoms with Crippen LogP contribution in [0.3, 0.4) is 0 Å². The third-order valence-corrected chi connectivity index (χ3v) is 12.7. The first-order valence-corrected chi connectivity index (χ1v) is 19.6. The van der Waals surface area contributed by atoms with E-state index in [1.165, 1.54) is 0 Å². The molecule has 2 fully saturated rings. The van der Waals surface area contributed by atoms with Crippen LogP contribution in [-0.2, 0) is 29.7 Å². The van der Waals surface area contributed by atoms with Gasteiger partial charge in [-0.25, -0.2) is 4.67 Å². The number of rotatable bonds is 9. The van der Waals surface area contributed by atoms with Crippen molar-refractivity contribution in [1.82, 2.24) is 4.67 Å². The monoisotopic (exact) mass is 719 g/mol. The Bertz CT molecular complexity index is 1840. The van der Waals surface area contributed by atoms with Gasteiger partial charge in [0.1, 0.15) is 12.2 Å². The summed E-state index contributed by atoms with van der Waals surface area (Å²) in [7, 11) is -1.94. The highest BCUT2D eigenvalue weighted by molar-refractivity contribution is 7.44. The van der Waals surface area contributed by atoms with Crippen LogP contribution >= 0.6 is 8.53 Å². The fourth-order valence-corrected chi connectivity index (χ4v) is 10.3. The van der Waals surface area contributed by atoms with E-state index < -0.39 is 37.7 Å². The summed E-state index contributed by atoms with van der Waals surface area (Å²) in [4.78, 5) is 0. The zero-order valence-electron chi connectivity index (χ0n) is 30.7. The molecule has 0 unspecified atom stereocenters. The largest absolute Gasteiger partial charge is 0.341 e. The minimum Gasteiger partial charge on any atom is -0.341 e. The van der Waals surface area contributed by atoms with Gasteiger partial charge in [0.25, 0.3) is 8.53 Å². The summed E-state index contributed by atoms with van der Waals surface area (Å²) in [6.45, 7) is 8.50. The number of hydrogen-bond donors (Lipinski definition) is 0. The van der Waals surface area contributed by atoms with E-state index in [1.54, 1.807) is 0 Å². The molecular formula is C47H46NO4P. The second-order valence-electron chi connectivity index (χ2n) is 14.4. The second-order valence-corrected chi connectivity index (χ2v) is 15.7. The van der Waals surface area contributed by atoms with E-state index >= 15 is 0 Å². The molecule has 0 radical (unpaired) electrons. The Hall–Kier alpha value is -4.45. The van der Waals surface area contributed by atoms with E-state index in [9.17, 15) is 0 Å². The van der Waals surface area contributed by atoms with Crippen LogP contribution in [0, 0.1) is 0 Å². The van der Waals surface area contributed by atoms with Crippen molar-refractivity contribution in [3.63, 3.8) is 0 Å². The summed E-state index contributed by atoms with van der Waals surface area (Å²) in [6, 6.07) is 63.1. The molecule has 0 aromatic heterocycles. The Kier molecular flexibility index (Phi) is 9.91. The molecule has 2 heterocycles. The number of benzene rings is 6. The van der Waals surface area contributed by atoms with E-state index in [-0.39, 0.29) is 12.1 Å². The summed E-state index contributed by atoms with van der Waals surface area (Å²) >= 11 is 0. The smallest absolute Gasteiger partial charge is 0.262 e. The molecule has 268 valence electrons. The molecule has 0 spiro atoms. The van der Waals surface area contributed by atoms with Crippen molar-refractivity contribution in [2.75, 3.05) is 0 Å². The molecule has 53 heavy (non-hydrogen) atoms. The second kappa shape index (κ2) is 14.8. The lowest BCUT2D eigenvalue weighted by molar-refractivity contribution is -0.175. The standard InChI is InChI=1S/C47H46NO4P/c1-35(37-23-11-5-12-24-37)48(36(2)38-25-13-6-14-26-38)53-51-46(39-27-15-7-16-28-39,40-29-17-8-18-30-40)43-44(50-45(3,4)49-43)47(52-53,41-31-19-9-20-32-41)42-33-21-10-22-34-42/h5-36,43-44H,1-4H3/t35-,36-,43-,44-/m0/s1. The predicted molar refractivity (Wildman–Crippen MR) is 212 cm³/mol. The van der Waals surface area contributed by atoms with Gasteiger partial charge in [0.05, 0.1) is 0 Å². The van der Waals surface area contributed by atoms with Crippen molar-refractivity contribution in [3.05, 3.63) is 215 Å². The van der Waals surface area contributed by atoms with Crippen LogP contribution in [0.2, 0.25) is 0 Å². The zero-order chi connectivity index (χ0) is 36.5. The van der Waals surface area contributed by atoms with Gasteiger partial charge in [-0.3, -0.25) is 0 Å². The summed E-state index contributed by atoms with van der Waals surface area (Å²) in [6.07, 6.45) is -1.28. The Morgan fingerprint density at radius 1 is 0.434 bits per heavy atom. The van der Waals surface area contributed by atoms with Gasteiger partial charge >= 0.3 is 0 Å². The first-order valence-electron chi connectivity index (χ1n) is 18.5. The van der Waals surface area contributed by atoms with Crippen LogP contribution in [0.1, 0.15) is 73.2 Å².